The van der Waals surface area contributed by atoms with Crippen molar-refractivity contribution < 1.29 is 0 Å². The number of nitrogens with two attached hydrogens (primary N) is 1. The van der Waals surface area contributed by atoms with Gasteiger partial charge in [-0.2, -0.15) is 5.10 Å². The molecule has 1 aromatic rings. The standard InChI is InChI=1S/C11H19N3/c1-9-8-13-14(11(9)12)7-6-10-4-2-3-5-10/h8,10H,2-7,12H2,1H3. The molecular formula is C11H19N3. The van der Waals surface area contributed by atoms with E-state index in [2.05, 4.69) is 5.10 Å². The van der Waals surface area contributed by atoms with E-state index in [0.717, 1.165) is 23.8 Å². The summed E-state index contributed by atoms with van der Waals surface area (Å²) in [5.74, 6) is 1.75. The van der Waals surface area contributed by atoms with Crippen LogP contribution in [0.1, 0.15) is 37.7 Å². The molecule has 0 unspecified atom stereocenters. The van der Waals surface area contributed by atoms with Crippen molar-refractivity contribution in [2.24, 2.45) is 5.92 Å². The zero-order valence-corrected chi connectivity index (χ0v) is 8.87. The summed E-state index contributed by atoms with van der Waals surface area (Å²) >= 11 is 0. The van der Waals surface area contributed by atoms with Crippen molar-refractivity contribution in [1.29, 1.82) is 0 Å². The van der Waals surface area contributed by atoms with Crippen LogP contribution in [-0.2, 0) is 6.54 Å². The predicted molar refractivity (Wildman–Crippen MR) is 58.0 cm³/mol. The minimum Gasteiger partial charge on any atom is -0.384 e. The van der Waals surface area contributed by atoms with Gasteiger partial charge in [-0.15, -0.1) is 0 Å². The molecule has 14 heavy (non-hydrogen) atoms. The maximum Gasteiger partial charge on any atom is 0.124 e. The Labute approximate surface area is 85.3 Å². The van der Waals surface area contributed by atoms with E-state index < -0.39 is 0 Å². The fourth-order valence-electron chi connectivity index (χ4n) is 2.27. The number of aromatic nitrogens is 2. The van der Waals surface area contributed by atoms with Gasteiger partial charge in [-0.25, -0.2) is 4.68 Å². The lowest BCUT2D eigenvalue weighted by Crippen LogP contribution is -2.08. The molecule has 0 bridgehead atoms. The zero-order chi connectivity index (χ0) is 9.97. The molecular weight excluding hydrogens is 174 g/mol. The van der Waals surface area contributed by atoms with Gasteiger partial charge in [0.1, 0.15) is 5.82 Å². The molecule has 0 atom stereocenters. The second-order valence-electron chi connectivity index (χ2n) is 4.38. The third-order valence-corrected chi connectivity index (χ3v) is 3.30. The number of aryl methyl sites for hydroxylation is 2. The first-order valence-corrected chi connectivity index (χ1v) is 5.55. The van der Waals surface area contributed by atoms with E-state index in [4.69, 9.17) is 5.73 Å². The van der Waals surface area contributed by atoms with Crippen molar-refractivity contribution in [1.82, 2.24) is 9.78 Å². The van der Waals surface area contributed by atoms with Gasteiger partial charge in [-0.1, -0.05) is 25.7 Å². The molecule has 0 aliphatic heterocycles. The van der Waals surface area contributed by atoms with E-state index in [1.165, 1.54) is 32.1 Å². The lowest BCUT2D eigenvalue weighted by atomic mass is 10.0. The van der Waals surface area contributed by atoms with Crippen LogP contribution < -0.4 is 5.73 Å². The van der Waals surface area contributed by atoms with Crippen molar-refractivity contribution in [3.8, 4) is 0 Å². The van der Waals surface area contributed by atoms with Crippen molar-refractivity contribution in [2.45, 2.75) is 45.6 Å². The van der Waals surface area contributed by atoms with E-state index in [9.17, 15) is 0 Å². The molecule has 1 fully saturated rings. The van der Waals surface area contributed by atoms with Crippen molar-refractivity contribution in [2.75, 3.05) is 5.73 Å². The zero-order valence-electron chi connectivity index (χ0n) is 8.87. The first kappa shape index (κ1) is 9.56. The van der Waals surface area contributed by atoms with Crippen LogP contribution in [0.15, 0.2) is 6.20 Å². The third-order valence-electron chi connectivity index (χ3n) is 3.30. The molecule has 78 valence electrons. The Hall–Kier alpha value is -0.990. The Morgan fingerprint density at radius 1 is 1.50 bits per heavy atom. The number of hydrogen-bond acceptors (Lipinski definition) is 2. The summed E-state index contributed by atoms with van der Waals surface area (Å²) in [5.41, 5.74) is 6.98. The Balaban J connectivity index is 1.88. The summed E-state index contributed by atoms with van der Waals surface area (Å²) in [7, 11) is 0. The van der Waals surface area contributed by atoms with E-state index >= 15 is 0 Å². The Morgan fingerprint density at radius 2 is 2.21 bits per heavy atom. The van der Waals surface area contributed by atoms with E-state index in [1.54, 1.807) is 0 Å². The molecule has 1 aliphatic rings. The van der Waals surface area contributed by atoms with Crippen LogP contribution in [0, 0.1) is 12.8 Å². The first-order chi connectivity index (χ1) is 6.77. The van der Waals surface area contributed by atoms with Gasteiger partial charge in [-0.3, -0.25) is 0 Å². The van der Waals surface area contributed by atoms with Gasteiger partial charge in [-0.05, 0) is 19.3 Å². The van der Waals surface area contributed by atoms with Crippen LogP contribution in [0.25, 0.3) is 0 Å². The highest BCUT2D eigenvalue weighted by Gasteiger charge is 2.15. The Morgan fingerprint density at radius 3 is 2.79 bits per heavy atom. The molecule has 0 amide bonds. The SMILES string of the molecule is Cc1cnn(CCC2CCCC2)c1N. The maximum atomic E-state index is 5.89. The molecule has 3 nitrogen and oxygen atoms in total. The lowest BCUT2D eigenvalue weighted by molar-refractivity contribution is 0.442. The van der Waals surface area contributed by atoms with E-state index in [0.29, 0.717) is 0 Å². The molecule has 0 saturated heterocycles. The van der Waals surface area contributed by atoms with Crippen LogP contribution in [-0.4, -0.2) is 9.78 Å². The van der Waals surface area contributed by atoms with Gasteiger partial charge in [0.25, 0.3) is 0 Å². The van der Waals surface area contributed by atoms with Crippen LogP contribution in [0.3, 0.4) is 0 Å². The minimum atomic E-state index is 0.836. The van der Waals surface area contributed by atoms with Crippen LogP contribution in [0.2, 0.25) is 0 Å². The summed E-state index contributed by atoms with van der Waals surface area (Å²) in [4.78, 5) is 0. The van der Waals surface area contributed by atoms with Crippen molar-refractivity contribution in [3.63, 3.8) is 0 Å². The lowest BCUT2D eigenvalue weighted by Gasteiger charge is -2.09. The molecule has 0 aromatic carbocycles. The van der Waals surface area contributed by atoms with Crippen LogP contribution in [0.5, 0.6) is 0 Å². The normalized spacial score (nSPS) is 17.8. The fraction of sp³-hybridized carbons (Fsp3) is 0.727. The molecule has 2 N–H and O–H groups in total. The number of rotatable bonds is 3. The monoisotopic (exact) mass is 193 g/mol. The summed E-state index contributed by atoms with van der Waals surface area (Å²) < 4.78 is 1.94. The maximum absolute atomic E-state index is 5.89. The summed E-state index contributed by atoms with van der Waals surface area (Å²) in [6, 6.07) is 0. The number of hydrogen-bond donors (Lipinski definition) is 1. The van der Waals surface area contributed by atoms with Gasteiger partial charge in [0, 0.05) is 12.1 Å². The largest absolute Gasteiger partial charge is 0.384 e. The smallest absolute Gasteiger partial charge is 0.124 e. The van der Waals surface area contributed by atoms with Gasteiger partial charge < -0.3 is 5.73 Å². The van der Waals surface area contributed by atoms with Crippen LogP contribution in [0.4, 0.5) is 5.82 Å². The summed E-state index contributed by atoms with van der Waals surface area (Å²) in [6.45, 7) is 3.00. The highest BCUT2D eigenvalue weighted by atomic mass is 15.3. The molecule has 1 saturated carbocycles. The molecule has 0 radical (unpaired) electrons. The molecule has 1 heterocycles. The second kappa shape index (κ2) is 4.03. The first-order valence-electron chi connectivity index (χ1n) is 5.55. The molecule has 2 rings (SSSR count). The molecule has 0 spiro atoms. The van der Waals surface area contributed by atoms with Gasteiger partial charge in [0.15, 0.2) is 0 Å². The summed E-state index contributed by atoms with van der Waals surface area (Å²) in [5, 5.41) is 4.27. The fourth-order valence-corrected chi connectivity index (χ4v) is 2.27. The topological polar surface area (TPSA) is 43.8 Å². The Kier molecular flexibility index (Phi) is 2.75. The Bertz CT molecular complexity index is 297. The van der Waals surface area contributed by atoms with Crippen LogP contribution >= 0.6 is 0 Å². The highest BCUT2D eigenvalue weighted by molar-refractivity contribution is 5.36. The van der Waals surface area contributed by atoms with Crippen molar-refractivity contribution in [3.05, 3.63) is 11.8 Å². The number of nitrogens with zero attached hydrogens (tertiary/aromatic N) is 2. The van der Waals surface area contributed by atoms with E-state index in [1.807, 2.05) is 17.8 Å². The van der Waals surface area contributed by atoms with E-state index in [-0.39, 0.29) is 0 Å². The van der Waals surface area contributed by atoms with Crippen molar-refractivity contribution >= 4 is 5.82 Å². The molecule has 1 aromatic heterocycles. The predicted octanol–water partition coefficient (Wildman–Crippen LogP) is 2.35. The molecule has 1 aliphatic carbocycles. The third kappa shape index (κ3) is 1.91. The second-order valence-corrected chi connectivity index (χ2v) is 4.38. The number of nitrogen functional groups attached to an aromatic ring is 1. The highest BCUT2D eigenvalue weighted by Crippen LogP contribution is 2.28. The number of anilines is 1. The van der Waals surface area contributed by atoms with Gasteiger partial charge >= 0.3 is 0 Å². The molecule has 3 heteroatoms. The van der Waals surface area contributed by atoms with Gasteiger partial charge in [0.2, 0.25) is 0 Å². The average Bonchev–Trinajstić information content (AvgIpc) is 2.77. The minimum absolute atomic E-state index is 0.836. The quantitative estimate of drug-likeness (QED) is 0.800. The summed E-state index contributed by atoms with van der Waals surface area (Å²) in [6.07, 6.45) is 8.73. The van der Waals surface area contributed by atoms with Gasteiger partial charge in [0.05, 0.1) is 6.20 Å². The average molecular weight is 193 g/mol.